The highest BCUT2D eigenvalue weighted by molar-refractivity contribution is 5.97. The standard InChI is InChI=1S/C23H30N4O2/c1-4-26-13-16(12-24-26)14-27-20(9-15(2)3)22(28)25-21(23(27)29)19-10-17-7-5-6-8-18(17)11-19/h5-8,12-13,15,19-21H,4,9-11,14H2,1-3H3,(H,25,28)/t20-,21-/m1/s1. The lowest BCUT2D eigenvalue weighted by atomic mass is 9.90. The number of nitrogens with zero attached hydrogens (tertiary/aromatic N) is 3. The number of nitrogens with one attached hydrogen (secondary N) is 1. The number of carbonyl (C=O) groups is 2. The van der Waals surface area contributed by atoms with Crippen LogP contribution in [0.15, 0.2) is 36.7 Å². The van der Waals surface area contributed by atoms with Crippen LogP contribution in [0.4, 0.5) is 0 Å². The van der Waals surface area contributed by atoms with E-state index >= 15 is 0 Å². The van der Waals surface area contributed by atoms with Crippen LogP contribution in [0.3, 0.4) is 0 Å². The predicted octanol–water partition coefficient (Wildman–Crippen LogP) is 2.56. The predicted molar refractivity (Wildman–Crippen MR) is 111 cm³/mol. The van der Waals surface area contributed by atoms with Crippen molar-refractivity contribution in [1.82, 2.24) is 20.0 Å². The number of rotatable bonds is 6. The molecule has 154 valence electrons. The average Bonchev–Trinajstić information content (AvgIpc) is 3.33. The van der Waals surface area contributed by atoms with Crippen molar-refractivity contribution >= 4 is 11.8 Å². The molecule has 1 fully saturated rings. The normalized spacial score (nSPS) is 22.3. The third kappa shape index (κ3) is 3.93. The van der Waals surface area contributed by atoms with Gasteiger partial charge < -0.3 is 10.2 Å². The second kappa shape index (κ2) is 8.01. The van der Waals surface area contributed by atoms with Crippen LogP contribution in [0.1, 0.15) is 43.9 Å². The van der Waals surface area contributed by atoms with Crippen LogP contribution < -0.4 is 5.32 Å². The second-order valence-electron chi connectivity index (χ2n) is 8.74. The Morgan fingerprint density at radius 3 is 2.45 bits per heavy atom. The van der Waals surface area contributed by atoms with Gasteiger partial charge in [0.15, 0.2) is 0 Å². The lowest BCUT2D eigenvalue weighted by Gasteiger charge is -2.41. The van der Waals surface area contributed by atoms with E-state index in [2.05, 4.69) is 36.4 Å². The van der Waals surface area contributed by atoms with Crippen LogP contribution in [0.25, 0.3) is 0 Å². The third-order valence-electron chi connectivity index (χ3n) is 6.14. The highest BCUT2D eigenvalue weighted by Crippen LogP contribution is 2.32. The molecule has 0 saturated carbocycles. The summed E-state index contributed by atoms with van der Waals surface area (Å²) in [6.07, 6.45) is 6.10. The zero-order chi connectivity index (χ0) is 20.5. The number of benzene rings is 1. The quantitative estimate of drug-likeness (QED) is 0.819. The molecule has 6 heteroatoms. The van der Waals surface area contributed by atoms with Gasteiger partial charge in [-0.25, -0.2) is 0 Å². The second-order valence-corrected chi connectivity index (χ2v) is 8.74. The Labute approximate surface area is 172 Å². The van der Waals surface area contributed by atoms with Gasteiger partial charge in [-0.2, -0.15) is 5.10 Å². The van der Waals surface area contributed by atoms with E-state index in [4.69, 9.17) is 0 Å². The van der Waals surface area contributed by atoms with Gasteiger partial charge in [0.2, 0.25) is 11.8 Å². The monoisotopic (exact) mass is 394 g/mol. The number of hydrogen-bond acceptors (Lipinski definition) is 3. The van der Waals surface area contributed by atoms with Gasteiger partial charge in [0.1, 0.15) is 12.1 Å². The summed E-state index contributed by atoms with van der Waals surface area (Å²) in [6.45, 7) is 7.42. The Hall–Kier alpha value is -2.63. The van der Waals surface area contributed by atoms with E-state index < -0.39 is 12.1 Å². The largest absolute Gasteiger partial charge is 0.342 e. The summed E-state index contributed by atoms with van der Waals surface area (Å²) in [4.78, 5) is 28.4. The first kappa shape index (κ1) is 19.7. The maximum absolute atomic E-state index is 13.6. The molecule has 0 radical (unpaired) electrons. The van der Waals surface area contributed by atoms with Crippen LogP contribution in [0, 0.1) is 11.8 Å². The molecular weight excluding hydrogens is 364 g/mol. The topological polar surface area (TPSA) is 67.2 Å². The molecular formula is C23H30N4O2. The van der Waals surface area contributed by atoms with E-state index in [1.165, 1.54) is 11.1 Å². The van der Waals surface area contributed by atoms with Crippen molar-refractivity contribution in [3.63, 3.8) is 0 Å². The SMILES string of the molecule is CCn1cc(CN2C(=O)[C@@H](C3Cc4ccccc4C3)NC(=O)[C@H]2CC(C)C)cn1. The van der Waals surface area contributed by atoms with Gasteiger partial charge in [0, 0.05) is 24.8 Å². The zero-order valence-corrected chi connectivity index (χ0v) is 17.5. The minimum atomic E-state index is -0.459. The van der Waals surface area contributed by atoms with Crippen LogP contribution >= 0.6 is 0 Å². The van der Waals surface area contributed by atoms with Crippen molar-refractivity contribution in [1.29, 1.82) is 0 Å². The lowest BCUT2D eigenvalue weighted by molar-refractivity contribution is -0.152. The van der Waals surface area contributed by atoms with Crippen LogP contribution in [-0.2, 0) is 35.5 Å². The van der Waals surface area contributed by atoms with E-state index in [0.717, 1.165) is 24.9 Å². The third-order valence-corrected chi connectivity index (χ3v) is 6.14. The summed E-state index contributed by atoms with van der Waals surface area (Å²) in [7, 11) is 0. The Kier molecular flexibility index (Phi) is 5.43. The van der Waals surface area contributed by atoms with Crippen molar-refractivity contribution in [2.45, 2.75) is 65.2 Å². The van der Waals surface area contributed by atoms with Gasteiger partial charge in [0.25, 0.3) is 0 Å². The van der Waals surface area contributed by atoms with Crippen LogP contribution in [0.5, 0.6) is 0 Å². The van der Waals surface area contributed by atoms with Gasteiger partial charge in [-0.05, 0) is 49.1 Å². The first-order chi connectivity index (χ1) is 14.0. The first-order valence-electron chi connectivity index (χ1n) is 10.6. The Morgan fingerprint density at radius 1 is 1.17 bits per heavy atom. The Balaban J connectivity index is 1.58. The number of fused-ring (bicyclic) bond motifs is 1. The molecule has 2 amide bonds. The molecule has 0 unspecified atom stereocenters. The minimum Gasteiger partial charge on any atom is -0.342 e. The summed E-state index contributed by atoms with van der Waals surface area (Å²) in [5, 5.41) is 7.41. The maximum Gasteiger partial charge on any atom is 0.246 e. The number of piperazine rings is 1. The van der Waals surface area contributed by atoms with Gasteiger partial charge in [-0.1, -0.05) is 38.1 Å². The molecule has 6 nitrogen and oxygen atoms in total. The van der Waals surface area contributed by atoms with E-state index in [-0.39, 0.29) is 17.7 Å². The van der Waals surface area contributed by atoms with E-state index in [9.17, 15) is 9.59 Å². The summed E-state index contributed by atoms with van der Waals surface area (Å²) in [5.74, 6) is 0.454. The number of hydrogen-bond donors (Lipinski definition) is 1. The van der Waals surface area contributed by atoms with Gasteiger partial charge in [-0.15, -0.1) is 0 Å². The molecule has 1 aliphatic carbocycles. The van der Waals surface area contributed by atoms with E-state index in [0.29, 0.717) is 18.9 Å². The molecule has 1 saturated heterocycles. The fourth-order valence-electron chi connectivity index (χ4n) is 4.66. The highest BCUT2D eigenvalue weighted by Gasteiger charge is 2.45. The molecule has 0 bridgehead atoms. The molecule has 1 aromatic heterocycles. The maximum atomic E-state index is 13.6. The lowest BCUT2D eigenvalue weighted by Crippen LogP contribution is -2.65. The van der Waals surface area contributed by atoms with Crippen LogP contribution in [0.2, 0.25) is 0 Å². The van der Waals surface area contributed by atoms with E-state index in [1.54, 1.807) is 11.1 Å². The Morgan fingerprint density at radius 2 is 1.86 bits per heavy atom. The molecule has 0 spiro atoms. The molecule has 1 aromatic carbocycles. The molecule has 29 heavy (non-hydrogen) atoms. The van der Waals surface area contributed by atoms with Crippen molar-refractivity contribution in [2.75, 3.05) is 0 Å². The van der Waals surface area contributed by atoms with Crippen molar-refractivity contribution < 1.29 is 9.59 Å². The average molecular weight is 395 g/mol. The fraction of sp³-hybridized carbons (Fsp3) is 0.522. The highest BCUT2D eigenvalue weighted by atomic mass is 16.2. The number of aromatic nitrogens is 2. The molecule has 1 aliphatic heterocycles. The number of aryl methyl sites for hydroxylation is 1. The Bertz CT molecular complexity index is 879. The molecule has 1 N–H and O–H groups in total. The molecule has 2 heterocycles. The molecule has 2 aromatic rings. The smallest absolute Gasteiger partial charge is 0.246 e. The van der Waals surface area contributed by atoms with Crippen molar-refractivity contribution in [3.05, 3.63) is 53.3 Å². The van der Waals surface area contributed by atoms with E-state index in [1.807, 2.05) is 29.9 Å². The minimum absolute atomic E-state index is 0.0258. The molecule has 4 rings (SSSR count). The van der Waals surface area contributed by atoms with Crippen molar-refractivity contribution in [3.8, 4) is 0 Å². The molecule has 2 aliphatic rings. The summed E-state index contributed by atoms with van der Waals surface area (Å²) in [5.41, 5.74) is 3.55. The van der Waals surface area contributed by atoms with Gasteiger partial charge >= 0.3 is 0 Å². The van der Waals surface area contributed by atoms with Crippen LogP contribution in [-0.4, -0.2) is 38.6 Å². The molecule has 2 atom stereocenters. The first-order valence-corrected chi connectivity index (χ1v) is 10.6. The summed E-state index contributed by atoms with van der Waals surface area (Å²) >= 11 is 0. The van der Waals surface area contributed by atoms with Gasteiger partial charge in [-0.3, -0.25) is 14.3 Å². The zero-order valence-electron chi connectivity index (χ0n) is 17.5. The fourth-order valence-corrected chi connectivity index (χ4v) is 4.66. The number of amides is 2. The number of carbonyl (C=O) groups excluding carboxylic acids is 2. The summed E-state index contributed by atoms with van der Waals surface area (Å²) in [6, 6.07) is 7.45. The summed E-state index contributed by atoms with van der Waals surface area (Å²) < 4.78 is 1.85. The van der Waals surface area contributed by atoms with Crippen molar-refractivity contribution in [2.24, 2.45) is 11.8 Å². The van der Waals surface area contributed by atoms with Gasteiger partial charge in [0.05, 0.1) is 6.20 Å².